The van der Waals surface area contributed by atoms with Crippen molar-refractivity contribution in [3.05, 3.63) is 0 Å². The Bertz CT molecular complexity index is 373. The molecule has 1 saturated heterocycles. The summed E-state index contributed by atoms with van der Waals surface area (Å²) in [4.78, 5) is 13.6. The minimum atomic E-state index is -3.09. The molecule has 1 N–H and O–H groups in total. The second kappa shape index (κ2) is 6.49. The van der Waals surface area contributed by atoms with Crippen LogP contribution in [0.25, 0.3) is 0 Å². The highest BCUT2D eigenvalue weighted by Crippen LogP contribution is 2.05. The van der Waals surface area contributed by atoms with Gasteiger partial charge < -0.3 is 5.32 Å². The summed E-state index contributed by atoms with van der Waals surface area (Å²) in [6.07, 6.45) is 1.22. The Balaban J connectivity index is 2.29. The Labute approximate surface area is 109 Å². The number of hydrogen-bond acceptors (Lipinski definition) is 4. The minimum absolute atomic E-state index is 0.0107. The summed E-state index contributed by atoms with van der Waals surface area (Å²) < 4.78 is 24.1. The van der Waals surface area contributed by atoms with E-state index in [2.05, 4.69) is 5.32 Å². The molecule has 1 aliphatic heterocycles. The number of sulfonamides is 1. The van der Waals surface area contributed by atoms with Crippen LogP contribution in [0.4, 0.5) is 0 Å². The van der Waals surface area contributed by atoms with Gasteiger partial charge in [-0.25, -0.2) is 8.42 Å². The number of carbonyl (C=O) groups excluding carboxylic acids is 1. The van der Waals surface area contributed by atoms with E-state index in [1.165, 1.54) is 10.6 Å². The van der Waals surface area contributed by atoms with Crippen molar-refractivity contribution in [2.75, 3.05) is 45.5 Å². The Kier molecular flexibility index (Phi) is 5.55. The number of nitrogens with one attached hydrogen (secondary N) is 1. The molecule has 1 aliphatic rings. The maximum Gasteiger partial charge on any atom is 0.234 e. The van der Waals surface area contributed by atoms with E-state index in [0.29, 0.717) is 45.2 Å². The van der Waals surface area contributed by atoms with Crippen LogP contribution >= 0.6 is 0 Å². The van der Waals surface area contributed by atoms with E-state index in [1.54, 1.807) is 0 Å². The Hall–Kier alpha value is -0.660. The van der Waals surface area contributed by atoms with E-state index in [9.17, 15) is 13.2 Å². The van der Waals surface area contributed by atoms with Crippen molar-refractivity contribution in [2.24, 2.45) is 5.92 Å². The van der Waals surface area contributed by atoms with Crippen molar-refractivity contribution in [1.82, 2.24) is 14.5 Å². The summed E-state index contributed by atoms with van der Waals surface area (Å²) in [5.41, 5.74) is 0. The van der Waals surface area contributed by atoms with Crippen molar-refractivity contribution in [1.29, 1.82) is 0 Å². The number of hydrogen-bond donors (Lipinski definition) is 1. The lowest BCUT2D eigenvalue weighted by atomic mass is 10.2. The van der Waals surface area contributed by atoms with E-state index in [4.69, 9.17) is 0 Å². The number of rotatable bonds is 5. The molecule has 1 amide bonds. The van der Waals surface area contributed by atoms with Crippen LogP contribution < -0.4 is 5.32 Å². The minimum Gasteiger partial charge on any atom is -0.355 e. The van der Waals surface area contributed by atoms with E-state index in [0.717, 1.165) is 0 Å². The van der Waals surface area contributed by atoms with Gasteiger partial charge in [-0.1, -0.05) is 13.8 Å². The first-order valence-electron chi connectivity index (χ1n) is 6.23. The van der Waals surface area contributed by atoms with Gasteiger partial charge in [0.1, 0.15) is 0 Å². The van der Waals surface area contributed by atoms with Crippen molar-refractivity contribution >= 4 is 15.9 Å². The van der Waals surface area contributed by atoms with Crippen molar-refractivity contribution in [3.63, 3.8) is 0 Å². The van der Waals surface area contributed by atoms with E-state index < -0.39 is 10.0 Å². The maximum absolute atomic E-state index is 11.6. The molecule has 106 valence electrons. The molecule has 1 fully saturated rings. The van der Waals surface area contributed by atoms with Gasteiger partial charge in [-0.2, -0.15) is 4.31 Å². The smallest absolute Gasteiger partial charge is 0.234 e. The first-order chi connectivity index (χ1) is 8.29. The van der Waals surface area contributed by atoms with Gasteiger partial charge >= 0.3 is 0 Å². The molecule has 0 aliphatic carbocycles. The van der Waals surface area contributed by atoms with Gasteiger partial charge in [0.15, 0.2) is 0 Å². The Morgan fingerprint density at radius 2 is 1.78 bits per heavy atom. The Morgan fingerprint density at radius 3 is 2.22 bits per heavy atom. The normalized spacial score (nSPS) is 19.1. The zero-order valence-electron chi connectivity index (χ0n) is 11.3. The molecular formula is C11H23N3O3S. The number of carbonyl (C=O) groups is 1. The molecule has 0 saturated carbocycles. The SMILES string of the molecule is CC(C)CNC(=O)CN1CCN(S(C)(=O)=O)CC1. The standard InChI is InChI=1S/C11H23N3O3S/c1-10(2)8-12-11(15)9-13-4-6-14(7-5-13)18(3,16)17/h10H,4-9H2,1-3H3,(H,12,15). The average molecular weight is 277 g/mol. The molecule has 6 nitrogen and oxygen atoms in total. The predicted molar refractivity (Wildman–Crippen MR) is 70.7 cm³/mol. The number of amides is 1. The summed E-state index contributed by atoms with van der Waals surface area (Å²) in [6.45, 7) is 7.29. The molecule has 0 unspecified atom stereocenters. The monoisotopic (exact) mass is 277 g/mol. The third-order valence-electron chi connectivity index (χ3n) is 2.87. The average Bonchev–Trinajstić information content (AvgIpc) is 2.26. The van der Waals surface area contributed by atoms with Crippen LogP contribution in [-0.4, -0.2) is 69.1 Å². The zero-order valence-corrected chi connectivity index (χ0v) is 12.2. The van der Waals surface area contributed by atoms with Gasteiger partial charge in [-0.15, -0.1) is 0 Å². The zero-order chi connectivity index (χ0) is 13.8. The molecule has 0 radical (unpaired) electrons. The molecule has 0 aromatic rings. The van der Waals surface area contributed by atoms with Crippen LogP contribution in [0.1, 0.15) is 13.8 Å². The van der Waals surface area contributed by atoms with Crippen LogP contribution in [0.2, 0.25) is 0 Å². The van der Waals surface area contributed by atoms with Crippen molar-refractivity contribution < 1.29 is 13.2 Å². The lowest BCUT2D eigenvalue weighted by molar-refractivity contribution is -0.122. The highest BCUT2D eigenvalue weighted by Gasteiger charge is 2.24. The molecule has 0 spiro atoms. The lowest BCUT2D eigenvalue weighted by Gasteiger charge is -2.32. The number of nitrogens with zero attached hydrogens (tertiary/aromatic N) is 2. The van der Waals surface area contributed by atoms with Gasteiger partial charge in [0, 0.05) is 32.7 Å². The second-order valence-corrected chi connectivity index (χ2v) is 7.12. The molecular weight excluding hydrogens is 254 g/mol. The first-order valence-corrected chi connectivity index (χ1v) is 8.08. The van der Waals surface area contributed by atoms with Gasteiger partial charge in [0.05, 0.1) is 12.8 Å². The molecule has 0 bridgehead atoms. The third kappa shape index (κ3) is 5.32. The Morgan fingerprint density at radius 1 is 1.22 bits per heavy atom. The largest absolute Gasteiger partial charge is 0.355 e. The highest BCUT2D eigenvalue weighted by atomic mass is 32.2. The van der Waals surface area contributed by atoms with Crippen LogP contribution in [-0.2, 0) is 14.8 Å². The maximum atomic E-state index is 11.6. The predicted octanol–water partition coefficient (Wildman–Crippen LogP) is -0.664. The van der Waals surface area contributed by atoms with E-state index in [1.807, 2.05) is 18.7 Å². The number of piperazine rings is 1. The fourth-order valence-corrected chi connectivity index (χ4v) is 2.62. The summed E-state index contributed by atoms with van der Waals surface area (Å²) in [7, 11) is -3.09. The van der Waals surface area contributed by atoms with Crippen LogP contribution in [0.5, 0.6) is 0 Å². The van der Waals surface area contributed by atoms with Crippen LogP contribution in [0.3, 0.4) is 0 Å². The molecule has 1 rings (SSSR count). The molecule has 7 heteroatoms. The van der Waals surface area contributed by atoms with Gasteiger partial charge in [-0.3, -0.25) is 9.69 Å². The van der Waals surface area contributed by atoms with Gasteiger partial charge in [-0.05, 0) is 5.92 Å². The summed E-state index contributed by atoms with van der Waals surface area (Å²) in [6, 6.07) is 0. The first kappa shape index (κ1) is 15.4. The molecule has 0 aromatic heterocycles. The highest BCUT2D eigenvalue weighted by molar-refractivity contribution is 7.88. The van der Waals surface area contributed by atoms with Crippen molar-refractivity contribution in [3.8, 4) is 0 Å². The van der Waals surface area contributed by atoms with Gasteiger partial charge in [0.25, 0.3) is 0 Å². The van der Waals surface area contributed by atoms with Crippen LogP contribution in [0.15, 0.2) is 0 Å². The van der Waals surface area contributed by atoms with E-state index in [-0.39, 0.29) is 5.91 Å². The summed E-state index contributed by atoms with van der Waals surface area (Å²) >= 11 is 0. The fraction of sp³-hybridized carbons (Fsp3) is 0.909. The molecule has 1 heterocycles. The summed E-state index contributed by atoms with van der Waals surface area (Å²) in [5.74, 6) is 0.451. The summed E-state index contributed by atoms with van der Waals surface area (Å²) in [5, 5.41) is 2.86. The van der Waals surface area contributed by atoms with Crippen LogP contribution in [0, 0.1) is 5.92 Å². The quantitative estimate of drug-likeness (QED) is 0.724. The third-order valence-corrected chi connectivity index (χ3v) is 4.18. The van der Waals surface area contributed by atoms with Gasteiger partial charge in [0.2, 0.25) is 15.9 Å². The topological polar surface area (TPSA) is 69.7 Å². The van der Waals surface area contributed by atoms with Crippen molar-refractivity contribution in [2.45, 2.75) is 13.8 Å². The fourth-order valence-electron chi connectivity index (χ4n) is 1.80. The lowest BCUT2D eigenvalue weighted by Crippen LogP contribution is -2.51. The molecule has 18 heavy (non-hydrogen) atoms. The molecule has 0 aromatic carbocycles. The molecule has 0 atom stereocenters. The van der Waals surface area contributed by atoms with E-state index >= 15 is 0 Å². The second-order valence-electron chi connectivity index (χ2n) is 5.14.